The molecule has 0 saturated carbocycles. The fraction of sp³-hybridized carbons (Fsp3) is 0.909. The van der Waals surface area contributed by atoms with Gasteiger partial charge in [-0.2, -0.15) is 0 Å². The summed E-state index contributed by atoms with van der Waals surface area (Å²) in [6.07, 6.45) is 2.08. The monoisotopic (exact) mass is 250 g/mol. The first kappa shape index (κ1) is 15.7. The Morgan fingerprint density at radius 2 is 2.00 bits per heavy atom. The quantitative estimate of drug-likeness (QED) is 0.780. The topological polar surface area (TPSA) is 64.4 Å². The van der Waals surface area contributed by atoms with Crippen molar-refractivity contribution in [3.05, 3.63) is 0 Å². The molecule has 1 amide bonds. The van der Waals surface area contributed by atoms with Crippen molar-refractivity contribution < 1.29 is 9.53 Å². The Bertz CT molecular complexity index is 208. The zero-order valence-corrected chi connectivity index (χ0v) is 10.9. The smallest absolute Gasteiger partial charge is 0.224 e. The number of amides is 1. The largest absolute Gasteiger partial charge is 0.381 e. The first-order valence-electron chi connectivity index (χ1n) is 5.73. The van der Waals surface area contributed by atoms with Crippen molar-refractivity contribution in [2.75, 3.05) is 19.8 Å². The number of hydrogen-bond acceptors (Lipinski definition) is 3. The zero-order valence-electron chi connectivity index (χ0n) is 10.1. The molecule has 0 bridgehead atoms. The van der Waals surface area contributed by atoms with Gasteiger partial charge >= 0.3 is 0 Å². The highest BCUT2D eigenvalue weighted by Crippen LogP contribution is 2.18. The van der Waals surface area contributed by atoms with Gasteiger partial charge < -0.3 is 15.8 Å². The Kier molecular flexibility index (Phi) is 7.72. The first-order valence-corrected chi connectivity index (χ1v) is 5.73. The molecular weight excluding hydrogens is 228 g/mol. The van der Waals surface area contributed by atoms with Crippen LogP contribution in [0.3, 0.4) is 0 Å². The van der Waals surface area contributed by atoms with Crippen molar-refractivity contribution >= 4 is 18.3 Å². The van der Waals surface area contributed by atoms with Gasteiger partial charge in [-0.15, -0.1) is 12.4 Å². The number of hydrogen-bond donors (Lipinski definition) is 2. The minimum Gasteiger partial charge on any atom is -0.381 e. The van der Waals surface area contributed by atoms with Gasteiger partial charge in [-0.3, -0.25) is 4.79 Å². The maximum atomic E-state index is 11.6. The number of carbonyl (C=O) groups is 1. The van der Waals surface area contributed by atoms with Crippen LogP contribution in [-0.4, -0.2) is 31.7 Å². The second kappa shape index (κ2) is 7.87. The van der Waals surface area contributed by atoms with Crippen molar-refractivity contribution in [1.82, 2.24) is 5.32 Å². The van der Waals surface area contributed by atoms with E-state index in [4.69, 9.17) is 10.5 Å². The SMILES string of the molecule is CC(CN)C(=O)NC(C)C1CCOCC1.Cl. The Morgan fingerprint density at radius 3 is 2.50 bits per heavy atom. The normalized spacial score (nSPS) is 20.7. The van der Waals surface area contributed by atoms with Crippen LogP contribution in [0.1, 0.15) is 26.7 Å². The fourth-order valence-electron chi connectivity index (χ4n) is 1.81. The molecule has 2 unspecified atom stereocenters. The summed E-state index contributed by atoms with van der Waals surface area (Å²) >= 11 is 0. The summed E-state index contributed by atoms with van der Waals surface area (Å²) in [4.78, 5) is 11.6. The molecule has 0 spiro atoms. The van der Waals surface area contributed by atoms with Gasteiger partial charge in [0.1, 0.15) is 0 Å². The van der Waals surface area contributed by atoms with Crippen LogP contribution in [0.15, 0.2) is 0 Å². The minimum absolute atomic E-state index is 0. The molecule has 1 heterocycles. The summed E-state index contributed by atoms with van der Waals surface area (Å²) in [6.45, 7) is 5.96. The van der Waals surface area contributed by atoms with E-state index in [1.54, 1.807) is 0 Å². The fourth-order valence-corrected chi connectivity index (χ4v) is 1.81. The Balaban J connectivity index is 0.00000225. The predicted molar refractivity (Wildman–Crippen MR) is 66.6 cm³/mol. The molecule has 1 aliphatic heterocycles. The molecule has 5 heteroatoms. The van der Waals surface area contributed by atoms with Gasteiger partial charge in [0.2, 0.25) is 5.91 Å². The average Bonchev–Trinajstić information content (AvgIpc) is 2.29. The van der Waals surface area contributed by atoms with E-state index in [-0.39, 0.29) is 30.3 Å². The van der Waals surface area contributed by atoms with E-state index in [1.807, 2.05) is 6.92 Å². The number of halogens is 1. The molecule has 0 aliphatic carbocycles. The minimum atomic E-state index is -0.0905. The standard InChI is InChI=1S/C11H22N2O2.ClH/c1-8(7-12)11(14)13-9(2)10-3-5-15-6-4-10;/h8-10H,3-7,12H2,1-2H3,(H,13,14);1H. The van der Waals surface area contributed by atoms with E-state index >= 15 is 0 Å². The number of carbonyl (C=O) groups excluding carboxylic acids is 1. The third-order valence-corrected chi connectivity index (χ3v) is 3.14. The highest BCUT2D eigenvalue weighted by molar-refractivity contribution is 5.85. The lowest BCUT2D eigenvalue weighted by atomic mass is 9.92. The van der Waals surface area contributed by atoms with Gasteiger partial charge in [-0.05, 0) is 25.7 Å². The van der Waals surface area contributed by atoms with Crippen LogP contribution in [0.2, 0.25) is 0 Å². The molecule has 1 aliphatic rings. The van der Waals surface area contributed by atoms with Crippen LogP contribution in [0, 0.1) is 11.8 Å². The molecule has 1 saturated heterocycles. The van der Waals surface area contributed by atoms with Crippen molar-refractivity contribution in [2.45, 2.75) is 32.7 Å². The molecule has 2 atom stereocenters. The maximum Gasteiger partial charge on any atom is 0.224 e. The van der Waals surface area contributed by atoms with Crippen LogP contribution in [0.5, 0.6) is 0 Å². The Morgan fingerprint density at radius 1 is 1.44 bits per heavy atom. The molecule has 16 heavy (non-hydrogen) atoms. The van der Waals surface area contributed by atoms with Crippen molar-refractivity contribution in [1.29, 1.82) is 0 Å². The number of nitrogens with two attached hydrogens (primary N) is 1. The molecule has 1 rings (SSSR count). The van der Waals surface area contributed by atoms with Crippen molar-refractivity contribution in [3.8, 4) is 0 Å². The molecular formula is C11H23ClN2O2. The van der Waals surface area contributed by atoms with Gasteiger partial charge in [0.15, 0.2) is 0 Å². The van der Waals surface area contributed by atoms with Crippen molar-refractivity contribution in [2.24, 2.45) is 17.6 Å². The van der Waals surface area contributed by atoms with E-state index in [0.717, 1.165) is 26.1 Å². The van der Waals surface area contributed by atoms with Crippen molar-refractivity contribution in [3.63, 3.8) is 0 Å². The van der Waals surface area contributed by atoms with Crippen LogP contribution in [-0.2, 0) is 9.53 Å². The van der Waals surface area contributed by atoms with E-state index in [0.29, 0.717) is 12.5 Å². The second-order valence-corrected chi connectivity index (χ2v) is 4.38. The van der Waals surface area contributed by atoms with E-state index in [9.17, 15) is 4.79 Å². The molecule has 0 aromatic heterocycles. The van der Waals surface area contributed by atoms with E-state index in [1.165, 1.54) is 0 Å². The molecule has 0 aromatic carbocycles. The lowest BCUT2D eigenvalue weighted by molar-refractivity contribution is -0.125. The molecule has 0 aromatic rings. The second-order valence-electron chi connectivity index (χ2n) is 4.38. The third kappa shape index (κ3) is 4.68. The van der Waals surface area contributed by atoms with Crippen LogP contribution < -0.4 is 11.1 Å². The summed E-state index contributed by atoms with van der Waals surface area (Å²) < 4.78 is 5.29. The van der Waals surface area contributed by atoms with Gasteiger partial charge in [0.25, 0.3) is 0 Å². The van der Waals surface area contributed by atoms with Gasteiger partial charge in [-0.25, -0.2) is 0 Å². The van der Waals surface area contributed by atoms with Gasteiger partial charge in [0, 0.05) is 31.7 Å². The van der Waals surface area contributed by atoms with Gasteiger partial charge in [-0.1, -0.05) is 6.92 Å². The Labute approximate surface area is 104 Å². The number of rotatable bonds is 4. The number of nitrogens with one attached hydrogen (secondary N) is 1. The molecule has 4 nitrogen and oxygen atoms in total. The van der Waals surface area contributed by atoms with E-state index < -0.39 is 0 Å². The molecule has 1 fully saturated rings. The Hall–Kier alpha value is -0.320. The summed E-state index contributed by atoms with van der Waals surface area (Å²) in [7, 11) is 0. The van der Waals surface area contributed by atoms with Crippen LogP contribution in [0.25, 0.3) is 0 Å². The summed E-state index contributed by atoms with van der Waals surface area (Å²) in [6, 6.07) is 0.232. The lowest BCUT2D eigenvalue weighted by Crippen LogP contribution is -2.43. The summed E-state index contributed by atoms with van der Waals surface area (Å²) in [5.41, 5.74) is 5.45. The lowest BCUT2D eigenvalue weighted by Gasteiger charge is -2.29. The van der Waals surface area contributed by atoms with Crippen LogP contribution >= 0.6 is 12.4 Å². The predicted octanol–water partition coefficient (Wildman–Crippen LogP) is 0.934. The van der Waals surface area contributed by atoms with E-state index in [2.05, 4.69) is 12.2 Å². The summed E-state index contributed by atoms with van der Waals surface area (Å²) in [5, 5.41) is 3.03. The molecule has 0 radical (unpaired) electrons. The highest BCUT2D eigenvalue weighted by Gasteiger charge is 2.23. The van der Waals surface area contributed by atoms with Gasteiger partial charge in [0.05, 0.1) is 0 Å². The zero-order chi connectivity index (χ0) is 11.3. The first-order chi connectivity index (χ1) is 7.15. The third-order valence-electron chi connectivity index (χ3n) is 3.14. The average molecular weight is 251 g/mol. The highest BCUT2D eigenvalue weighted by atomic mass is 35.5. The maximum absolute atomic E-state index is 11.6. The summed E-state index contributed by atoms with van der Waals surface area (Å²) in [5.74, 6) is 0.524. The van der Waals surface area contributed by atoms with Crippen LogP contribution in [0.4, 0.5) is 0 Å². The molecule has 3 N–H and O–H groups in total. The molecule has 96 valence electrons. The number of ether oxygens (including phenoxy) is 1.